The minimum atomic E-state index is -0.447. The molecule has 0 aliphatic rings. The fraction of sp³-hybridized carbons (Fsp3) is 0.174. The summed E-state index contributed by atoms with van der Waals surface area (Å²) >= 11 is 0. The van der Waals surface area contributed by atoms with Gasteiger partial charge in [-0.25, -0.2) is 4.79 Å². The molecule has 0 spiro atoms. The van der Waals surface area contributed by atoms with Crippen molar-refractivity contribution in [1.29, 1.82) is 0 Å². The molecule has 0 atom stereocenters. The quantitative estimate of drug-likeness (QED) is 0.571. The third kappa shape index (κ3) is 5.51. The van der Waals surface area contributed by atoms with Gasteiger partial charge in [0.2, 0.25) is 0 Å². The predicted molar refractivity (Wildman–Crippen MR) is 116 cm³/mol. The molecule has 1 heterocycles. The number of amides is 2. The Bertz CT molecular complexity index is 1070. The third-order valence-corrected chi connectivity index (χ3v) is 4.56. The number of aromatic nitrogens is 1. The summed E-state index contributed by atoms with van der Waals surface area (Å²) in [5.74, 6) is -0.591. The highest BCUT2D eigenvalue weighted by atomic mass is 16.5. The van der Waals surface area contributed by atoms with E-state index in [4.69, 9.17) is 4.74 Å². The van der Waals surface area contributed by atoms with Gasteiger partial charge in [0.1, 0.15) is 5.75 Å². The van der Waals surface area contributed by atoms with Gasteiger partial charge in [0.25, 0.3) is 11.8 Å². The SMILES string of the molecule is COC(=O)c1ccc(NC(=O)COc2ccc(C(=O)Nn3c(C)ccc3C)cc2)cc1. The van der Waals surface area contributed by atoms with E-state index >= 15 is 0 Å². The molecular weight excluding hydrogens is 398 g/mol. The number of carbonyl (C=O) groups excluding carboxylic acids is 3. The lowest BCUT2D eigenvalue weighted by atomic mass is 10.2. The van der Waals surface area contributed by atoms with E-state index in [0.717, 1.165) is 11.4 Å². The Morgan fingerprint density at radius 3 is 2.00 bits per heavy atom. The van der Waals surface area contributed by atoms with Gasteiger partial charge in [-0.2, -0.15) is 0 Å². The van der Waals surface area contributed by atoms with Crippen LogP contribution >= 0.6 is 0 Å². The van der Waals surface area contributed by atoms with Crippen LogP contribution in [0.2, 0.25) is 0 Å². The first-order valence-corrected chi connectivity index (χ1v) is 9.55. The summed E-state index contributed by atoms with van der Waals surface area (Å²) in [6.07, 6.45) is 0. The predicted octanol–water partition coefficient (Wildman–Crippen LogP) is 3.29. The highest BCUT2D eigenvalue weighted by Crippen LogP contribution is 2.14. The van der Waals surface area contributed by atoms with Gasteiger partial charge in [-0.3, -0.25) is 19.7 Å². The average molecular weight is 421 g/mol. The monoisotopic (exact) mass is 421 g/mol. The van der Waals surface area contributed by atoms with Crippen LogP contribution in [0.15, 0.2) is 60.7 Å². The van der Waals surface area contributed by atoms with Crippen molar-refractivity contribution in [1.82, 2.24) is 4.68 Å². The Morgan fingerprint density at radius 2 is 1.42 bits per heavy atom. The Kier molecular flexibility index (Phi) is 6.71. The van der Waals surface area contributed by atoms with E-state index in [0.29, 0.717) is 22.6 Å². The van der Waals surface area contributed by atoms with E-state index in [1.807, 2.05) is 26.0 Å². The molecule has 8 nitrogen and oxygen atoms in total. The molecule has 31 heavy (non-hydrogen) atoms. The van der Waals surface area contributed by atoms with Crippen LogP contribution in [0.3, 0.4) is 0 Å². The Hall–Kier alpha value is -4.07. The summed E-state index contributed by atoms with van der Waals surface area (Å²) in [7, 11) is 1.30. The van der Waals surface area contributed by atoms with Gasteiger partial charge in [-0.05, 0) is 74.5 Å². The van der Waals surface area contributed by atoms with Crippen LogP contribution in [0.4, 0.5) is 5.69 Å². The lowest BCUT2D eigenvalue weighted by molar-refractivity contribution is -0.118. The van der Waals surface area contributed by atoms with E-state index in [-0.39, 0.29) is 18.4 Å². The van der Waals surface area contributed by atoms with Crippen LogP contribution in [0, 0.1) is 13.8 Å². The molecular formula is C23H23N3O5. The van der Waals surface area contributed by atoms with E-state index in [9.17, 15) is 14.4 Å². The van der Waals surface area contributed by atoms with E-state index in [1.54, 1.807) is 53.2 Å². The van der Waals surface area contributed by atoms with Crippen molar-refractivity contribution in [3.63, 3.8) is 0 Å². The number of rotatable bonds is 7. The molecule has 0 unspecified atom stereocenters. The summed E-state index contributed by atoms with van der Waals surface area (Å²) in [5.41, 5.74) is 6.08. The maximum atomic E-state index is 12.4. The largest absolute Gasteiger partial charge is 0.484 e. The summed E-state index contributed by atoms with van der Waals surface area (Å²) < 4.78 is 11.8. The third-order valence-electron chi connectivity index (χ3n) is 4.56. The van der Waals surface area contributed by atoms with Crippen molar-refractivity contribution in [2.24, 2.45) is 0 Å². The lowest BCUT2D eigenvalue weighted by Gasteiger charge is -2.12. The molecule has 0 aliphatic heterocycles. The lowest BCUT2D eigenvalue weighted by Crippen LogP contribution is -2.24. The smallest absolute Gasteiger partial charge is 0.337 e. The van der Waals surface area contributed by atoms with Crippen molar-refractivity contribution in [2.75, 3.05) is 24.5 Å². The van der Waals surface area contributed by atoms with Crippen molar-refractivity contribution >= 4 is 23.5 Å². The van der Waals surface area contributed by atoms with Crippen LogP contribution in [0.1, 0.15) is 32.1 Å². The number of aryl methyl sites for hydroxylation is 2. The number of hydrogen-bond donors (Lipinski definition) is 2. The number of nitrogens with one attached hydrogen (secondary N) is 2. The zero-order valence-corrected chi connectivity index (χ0v) is 17.5. The maximum Gasteiger partial charge on any atom is 0.337 e. The molecule has 2 N–H and O–H groups in total. The number of benzene rings is 2. The molecule has 2 amide bonds. The first-order valence-electron chi connectivity index (χ1n) is 9.55. The van der Waals surface area contributed by atoms with Gasteiger partial charge in [-0.1, -0.05) is 0 Å². The van der Waals surface area contributed by atoms with Crippen molar-refractivity contribution in [2.45, 2.75) is 13.8 Å². The first kappa shape index (κ1) is 21.6. The van der Waals surface area contributed by atoms with Crippen LogP contribution in [0.5, 0.6) is 5.75 Å². The molecule has 0 saturated heterocycles. The second kappa shape index (κ2) is 9.62. The van der Waals surface area contributed by atoms with Crippen molar-refractivity contribution in [3.8, 4) is 5.75 Å². The number of ether oxygens (including phenoxy) is 2. The molecule has 3 aromatic rings. The summed E-state index contributed by atoms with van der Waals surface area (Å²) in [6.45, 7) is 3.61. The summed E-state index contributed by atoms with van der Waals surface area (Å²) in [6, 6.07) is 16.7. The van der Waals surface area contributed by atoms with E-state index < -0.39 is 5.97 Å². The molecule has 0 saturated carbocycles. The average Bonchev–Trinajstić information content (AvgIpc) is 3.10. The standard InChI is InChI=1S/C23H23N3O5/c1-15-4-5-16(2)26(15)25-22(28)17-8-12-20(13-9-17)31-14-21(27)24-19-10-6-18(7-11-19)23(29)30-3/h4-13H,14H2,1-3H3,(H,24,27)(H,25,28). The van der Waals surface area contributed by atoms with Crippen LogP contribution in [-0.4, -0.2) is 36.2 Å². The first-order chi connectivity index (χ1) is 14.9. The fourth-order valence-corrected chi connectivity index (χ4v) is 2.87. The van der Waals surface area contributed by atoms with Gasteiger partial charge in [0.15, 0.2) is 6.61 Å². The van der Waals surface area contributed by atoms with Crippen molar-refractivity contribution in [3.05, 3.63) is 83.2 Å². The van der Waals surface area contributed by atoms with Crippen LogP contribution in [0.25, 0.3) is 0 Å². The van der Waals surface area contributed by atoms with Gasteiger partial charge in [-0.15, -0.1) is 0 Å². The zero-order valence-electron chi connectivity index (χ0n) is 17.5. The second-order valence-electron chi connectivity index (χ2n) is 6.82. The van der Waals surface area contributed by atoms with Gasteiger partial charge >= 0.3 is 5.97 Å². The van der Waals surface area contributed by atoms with Crippen LogP contribution < -0.4 is 15.5 Å². The molecule has 0 radical (unpaired) electrons. The molecule has 0 bridgehead atoms. The summed E-state index contributed by atoms with van der Waals surface area (Å²) in [5, 5.41) is 2.68. The molecule has 8 heteroatoms. The molecule has 2 aromatic carbocycles. The minimum Gasteiger partial charge on any atom is -0.484 e. The van der Waals surface area contributed by atoms with Crippen LogP contribution in [-0.2, 0) is 9.53 Å². The number of anilines is 1. The fourth-order valence-electron chi connectivity index (χ4n) is 2.87. The Balaban J connectivity index is 1.51. The van der Waals surface area contributed by atoms with Gasteiger partial charge in [0, 0.05) is 22.6 Å². The summed E-state index contributed by atoms with van der Waals surface area (Å²) in [4.78, 5) is 35.9. The Morgan fingerprint density at radius 1 is 0.839 bits per heavy atom. The number of hydrogen-bond acceptors (Lipinski definition) is 5. The molecule has 160 valence electrons. The molecule has 0 fully saturated rings. The number of methoxy groups -OCH3 is 1. The van der Waals surface area contributed by atoms with E-state index in [2.05, 4.69) is 15.5 Å². The number of nitrogens with zero attached hydrogens (tertiary/aromatic N) is 1. The maximum absolute atomic E-state index is 12.4. The topological polar surface area (TPSA) is 98.7 Å². The van der Waals surface area contributed by atoms with E-state index in [1.165, 1.54) is 7.11 Å². The molecule has 0 aliphatic carbocycles. The highest BCUT2D eigenvalue weighted by Gasteiger charge is 2.10. The molecule has 3 rings (SSSR count). The van der Waals surface area contributed by atoms with Gasteiger partial charge in [0.05, 0.1) is 12.7 Å². The van der Waals surface area contributed by atoms with Gasteiger partial charge < -0.3 is 14.8 Å². The minimum absolute atomic E-state index is 0.202. The normalized spacial score (nSPS) is 10.3. The highest BCUT2D eigenvalue weighted by molar-refractivity contribution is 6.00. The Labute approximate surface area is 179 Å². The van der Waals surface area contributed by atoms with Crippen molar-refractivity contribution < 1.29 is 23.9 Å². The molecule has 1 aromatic heterocycles. The number of carbonyl (C=O) groups is 3. The second-order valence-corrected chi connectivity index (χ2v) is 6.82. The zero-order chi connectivity index (χ0) is 22.4. The number of esters is 1.